The van der Waals surface area contributed by atoms with E-state index in [4.69, 9.17) is 4.74 Å². The van der Waals surface area contributed by atoms with Gasteiger partial charge in [-0.1, -0.05) is 74.7 Å². The number of aryl methyl sites for hydroxylation is 3. The van der Waals surface area contributed by atoms with E-state index in [0.29, 0.717) is 6.54 Å². The Labute approximate surface area is 204 Å². The minimum absolute atomic E-state index is 0. The molecular weight excluding hydrogens is 554 g/mol. The molecule has 0 aliphatic heterocycles. The van der Waals surface area contributed by atoms with Crippen molar-refractivity contribution < 1.29 is 30.9 Å². The first-order chi connectivity index (χ1) is 14.7. The Morgan fingerprint density at radius 3 is 2.35 bits per heavy atom. The number of unbranched alkanes of at least 4 members (excludes halogenated alkanes) is 4. The van der Waals surface area contributed by atoms with Gasteiger partial charge in [-0.15, -0.1) is 13.1 Å². The van der Waals surface area contributed by atoms with Gasteiger partial charge in [-0.25, -0.2) is 0 Å². The SMILES string of the molecule is CCc1cc(C(O)C[N-]CCCCCCOCCCCc2ccccc2)ccc1C.[W+2]. The number of ether oxygens (including phenoxy) is 1. The average Bonchev–Trinajstić information content (AvgIpc) is 2.77. The van der Waals surface area contributed by atoms with Gasteiger partial charge in [0.15, 0.2) is 0 Å². The van der Waals surface area contributed by atoms with Gasteiger partial charge in [0.05, 0.1) is 6.10 Å². The largest absolute Gasteiger partial charge is 2.00 e. The molecule has 0 radical (unpaired) electrons. The molecule has 0 saturated heterocycles. The van der Waals surface area contributed by atoms with Crippen LogP contribution in [0.15, 0.2) is 48.5 Å². The fourth-order valence-corrected chi connectivity index (χ4v) is 3.66. The number of nitrogens with zero attached hydrogens (tertiary/aromatic N) is 1. The van der Waals surface area contributed by atoms with Crippen molar-refractivity contribution >= 4 is 0 Å². The van der Waals surface area contributed by atoms with Gasteiger partial charge in [-0.2, -0.15) is 0 Å². The summed E-state index contributed by atoms with van der Waals surface area (Å²) < 4.78 is 5.75. The first-order valence-corrected chi connectivity index (χ1v) is 11.7. The van der Waals surface area contributed by atoms with Crippen LogP contribution in [0.2, 0.25) is 0 Å². The molecule has 0 spiro atoms. The zero-order valence-electron chi connectivity index (χ0n) is 19.4. The predicted octanol–water partition coefficient (Wildman–Crippen LogP) is 6.56. The van der Waals surface area contributed by atoms with Crippen molar-refractivity contribution in [1.82, 2.24) is 0 Å². The number of aliphatic hydroxyl groups is 1. The third-order valence-electron chi connectivity index (χ3n) is 5.64. The van der Waals surface area contributed by atoms with Gasteiger partial charge in [-0.05, 0) is 61.3 Å². The molecule has 0 amide bonds. The summed E-state index contributed by atoms with van der Waals surface area (Å²) in [6.45, 7) is 7.35. The molecule has 2 aromatic rings. The molecule has 170 valence electrons. The zero-order chi connectivity index (χ0) is 21.4. The monoisotopic (exact) mass is 594 g/mol. The smallest absolute Gasteiger partial charge is 0.660 e. The van der Waals surface area contributed by atoms with Crippen LogP contribution < -0.4 is 0 Å². The molecular formula is C27H40NO2W+. The van der Waals surface area contributed by atoms with Crippen LogP contribution in [0.25, 0.3) is 5.32 Å². The molecule has 1 unspecified atom stereocenters. The second-order valence-corrected chi connectivity index (χ2v) is 8.15. The molecule has 0 fully saturated rings. The maximum atomic E-state index is 10.3. The summed E-state index contributed by atoms with van der Waals surface area (Å²) in [5.41, 5.74) is 5.01. The summed E-state index contributed by atoms with van der Waals surface area (Å²) in [6, 6.07) is 16.9. The van der Waals surface area contributed by atoms with Gasteiger partial charge >= 0.3 is 21.1 Å². The quantitative estimate of drug-likeness (QED) is 0.224. The van der Waals surface area contributed by atoms with Gasteiger partial charge in [0.1, 0.15) is 0 Å². The maximum Gasteiger partial charge on any atom is 2.00 e. The van der Waals surface area contributed by atoms with E-state index in [2.05, 4.69) is 61.6 Å². The minimum Gasteiger partial charge on any atom is -0.660 e. The molecule has 3 nitrogen and oxygen atoms in total. The number of hydrogen-bond donors (Lipinski definition) is 1. The Kier molecular flexibility index (Phi) is 15.9. The molecule has 0 heterocycles. The second kappa shape index (κ2) is 17.6. The third-order valence-corrected chi connectivity index (χ3v) is 5.64. The summed E-state index contributed by atoms with van der Waals surface area (Å²) >= 11 is 0. The van der Waals surface area contributed by atoms with Gasteiger partial charge in [0, 0.05) is 13.2 Å². The summed E-state index contributed by atoms with van der Waals surface area (Å²) in [4.78, 5) is 0. The van der Waals surface area contributed by atoms with Crippen LogP contribution >= 0.6 is 0 Å². The van der Waals surface area contributed by atoms with Crippen molar-refractivity contribution in [3.63, 3.8) is 0 Å². The fourth-order valence-electron chi connectivity index (χ4n) is 3.66. The first-order valence-electron chi connectivity index (χ1n) is 11.7. The summed E-state index contributed by atoms with van der Waals surface area (Å²) in [5.74, 6) is 0. The Bertz CT molecular complexity index is 693. The summed E-state index contributed by atoms with van der Waals surface area (Å²) in [7, 11) is 0. The van der Waals surface area contributed by atoms with Crippen LogP contribution in [0.3, 0.4) is 0 Å². The zero-order valence-corrected chi connectivity index (χ0v) is 22.3. The molecule has 0 saturated carbocycles. The average molecular weight is 594 g/mol. The van der Waals surface area contributed by atoms with E-state index in [9.17, 15) is 5.11 Å². The van der Waals surface area contributed by atoms with Crippen molar-refractivity contribution in [2.45, 2.75) is 71.3 Å². The van der Waals surface area contributed by atoms with Crippen molar-refractivity contribution in [1.29, 1.82) is 0 Å². The van der Waals surface area contributed by atoms with Gasteiger partial charge in [0.25, 0.3) is 0 Å². The number of benzene rings is 2. The molecule has 0 aliphatic carbocycles. The predicted molar refractivity (Wildman–Crippen MR) is 127 cm³/mol. The minimum atomic E-state index is -0.480. The molecule has 31 heavy (non-hydrogen) atoms. The van der Waals surface area contributed by atoms with Crippen LogP contribution in [0.1, 0.15) is 73.8 Å². The molecule has 1 atom stereocenters. The summed E-state index contributed by atoms with van der Waals surface area (Å²) in [6.07, 6.45) is 8.60. The van der Waals surface area contributed by atoms with Gasteiger partial charge < -0.3 is 15.2 Å². The molecule has 2 aromatic carbocycles. The van der Waals surface area contributed by atoms with Crippen molar-refractivity contribution in [2.24, 2.45) is 0 Å². The standard InChI is InChI=1S/C27H40NO2.W/c1-3-25-21-26(17-16-23(25)2)27(29)22-28-18-10-4-5-11-19-30-20-12-9-15-24-13-7-6-8-14-24;/h6-8,13-14,16-17,21,27,29H,3-5,9-12,15,18-20,22H2,1-2H3;/q-1;+2. The molecule has 0 aliphatic rings. The number of hydrogen-bond acceptors (Lipinski definition) is 2. The molecule has 4 heteroatoms. The van der Waals surface area contributed by atoms with Gasteiger partial charge in [0.2, 0.25) is 0 Å². The van der Waals surface area contributed by atoms with Crippen LogP contribution in [0, 0.1) is 6.92 Å². The van der Waals surface area contributed by atoms with E-state index in [-0.39, 0.29) is 21.1 Å². The first kappa shape index (κ1) is 28.0. The van der Waals surface area contributed by atoms with Crippen LogP contribution in [-0.2, 0) is 38.6 Å². The third kappa shape index (κ3) is 12.0. The van der Waals surface area contributed by atoms with E-state index in [1.165, 1.54) is 36.0 Å². The van der Waals surface area contributed by atoms with Crippen LogP contribution in [0.5, 0.6) is 0 Å². The van der Waals surface area contributed by atoms with E-state index in [1.807, 2.05) is 6.07 Å². The Hall–Kier alpha value is -0.992. The second-order valence-electron chi connectivity index (χ2n) is 8.15. The number of aliphatic hydroxyl groups excluding tert-OH is 1. The Morgan fingerprint density at radius 1 is 0.903 bits per heavy atom. The van der Waals surface area contributed by atoms with Crippen LogP contribution in [0.4, 0.5) is 0 Å². The Morgan fingerprint density at radius 2 is 1.61 bits per heavy atom. The fraction of sp³-hybridized carbons (Fsp3) is 0.556. The van der Waals surface area contributed by atoms with E-state index in [0.717, 1.165) is 57.4 Å². The van der Waals surface area contributed by atoms with Crippen molar-refractivity contribution in [2.75, 3.05) is 26.3 Å². The normalized spacial score (nSPS) is 11.8. The number of rotatable bonds is 16. The maximum absolute atomic E-state index is 10.3. The summed E-state index contributed by atoms with van der Waals surface area (Å²) in [5, 5.41) is 14.9. The van der Waals surface area contributed by atoms with E-state index >= 15 is 0 Å². The van der Waals surface area contributed by atoms with E-state index < -0.39 is 6.10 Å². The van der Waals surface area contributed by atoms with Crippen LogP contribution in [-0.4, -0.2) is 31.4 Å². The molecule has 1 N–H and O–H groups in total. The van der Waals surface area contributed by atoms with Crippen molar-refractivity contribution in [3.8, 4) is 0 Å². The topological polar surface area (TPSA) is 43.6 Å². The molecule has 2 rings (SSSR count). The van der Waals surface area contributed by atoms with Gasteiger partial charge in [-0.3, -0.25) is 0 Å². The van der Waals surface area contributed by atoms with Crippen molar-refractivity contribution in [3.05, 3.63) is 76.1 Å². The Balaban J connectivity index is 0.00000480. The molecule has 0 bridgehead atoms. The molecule has 0 aromatic heterocycles. The van der Waals surface area contributed by atoms with E-state index in [1.54, 1.807) is 0 Å².